The number of halogens is 1. The van der Waals surface area contributed by atoms with E-state index in [1.54, 1.807) is 7.11 Å². The van der Waals surface area contributed by atoms with Gasteiger partial charge < -0.3 is 14.5 Å². The van der Waals surface area contributed by atoms with Gasteiger partial charge in [0.15, 0.2) is 0 Å². The lowest BCUT2D eigenvalue weighted by molar-refractivity contribution is 0.183. The van der Waals surface area contributed by atoms with Gasteiger partial charge in [-0.2, -0.15) is 0 Å². The smallest absolute Gasteiger partial charge is 0.137 e. The summed E-state index contributed by atoms with van der Waals surface area (Å²) in [6.45, 7) is 6.39. The van der Waals surface area contributed by atoms with Crippen LogP contribution in [0.3, 0.4) is 0 Å². The molecule has 104 valence electrons. The maximum Gasteiger partial charge on any atom is 0.137 e. The summed E-state index contributed by atoms with van der Waals surface area (Å²) in [5.74, 6) is 0.940. The number of benzene rings is 1. The van der Waals surface area contributed by atoms with E-state index in [2.05, 4.69) is 12.2 Å². The summed E-state index contributed by atoms with van der Waals surface area (Å²) in [6.07, 6.45) is 1.10. The Kier molecular flexibility index (Phi) is 4.86. The molecule has 0 aliphatic rings. The summed E-state index contributed by atoms with van der Waals surface area (Å²) < 4.78 is 11.3. The molecule has 0 fully saturated rings. The van der Waals surface area contributed by atoms with Crippen molar-refractivity contribution in [1.29, 1.82) is 0 Å². The average molecular weight is 282 g/mol. The highest BCUT2D eigenvalue weighted by Crippen LogP contribution is 2.31. The van der Waals surface area contributed by atoms with E-state index in [4.69, 9.17) is 20.8 Å². The zero-order valence-electron chi connectivity index (χ0n) is 11.7. The summed E-state index contributed by atoms with van der Waals surface area (Å²) in [5.41, 5.74) is 3.05. The first kappa shape index (κ1) is 14.4. The van der Waals surface area contributed by atoms with Crippen LogP contribution in [0.1, 0.15) is 30.2 Å². The second-order valence-electron chi connectivity index (χ2n) is 4.71. The number of methoxy groups -OCH3 is 1. The van der Waals surface area contributed by atoms with E-state index in [0.29, 0.717) is 6.61 Å². The Morgan fingerprint density at radius 1 is 1.37 bits per heavy atom. The minimum Gasteiger partial charge on any atom is -0.459 e. The monoisotopic (exact) mass is 281 g/mol. The van der Waals surface area contributed by atoms with Crippen LogP contribution in [0.4, 0.5) is 0 Å². The number of hydrogen-bond donors (Lipinski definition) is 1. The fourth-order valence-electron chi connectivity index (χ4n) is 2.25. The molecule has 2 rings (SSSR count). The molecule has 0 bridgehead atoms. The zero-order valence-corrected chi connectivity index (χ0v) is 12.4. The van der Waals surface area contributed by atoms with Crippen LogP contribution in [0.25, 0.3) is 11.0 Å². The van der Waals surface area contributed by atoms with E-state index in [1.165, 1.54) is 0 Å². The maximum absolute atomic E-state index is 6.13. The number of aryl methyl sites for hydroxylation is 1. The number of nitrogens with one attached hydrogen (secondary N) is 1. The van der Waals surface area contributed by atoms with E-state index in [9.17, 15) is 0 Å². The average Bonchev–Trinajstić information content (AvgIpc) is 2.70. The SMILES string of the molecule is CCCNCc1oc2c(C)cc(Cl)cc2c1COC. The summed E-state index contributed by atoms with van der Waals surface area (Å²) in [4.78, 5) is 0. The maximum atomic E-state index is 6.13. The third-order valence-corrected chi connectivity index (χ3v) is 3.35. The van der Waals surface area contributed by atoms with Crippen molar-refractivity contribution in [3.63, 3.8) is 0 Å². The largest absolute Gasteiger partial charge is 0.459 e. The Morgan fingerprint density at radius 2 is 2.16 bits per heavy atom. The van der Waals surface area contributed by atoms with Crippen molar-refractivity contribution in [2.24, 2.45) is 0 Å². The molecule has 0 saturated heterocycles. The normalized spacial score (nSPS) is 11.4. The highest BCUT2D eigenvalue weighted by Gasteiger charge is 2.16. The number of fused-ring (bicyclic) bond motifs is 1. The third-order valence-electron chi connectivity index (χ3n) is 3.13. The Hall–Kier alpha value is -1.03. The van der Waals surface area contributed by atoms with Gasteiger partial charge in [0.2, 0.25) is 0 Å². The van der Waals surface area contributed by atoms with Gasteiger partial charge in [0, 0.05) is 23.1 Å². The lowest BCUT2D eigenvalue weighted by Gasteiger charge is -2.03. The highest BCUT2D eigenvalue weighted by atomic mass is 35.5. The summed E-state index contributed by atoms with van der Waals surface area (Å²) in [6, 6.07) is 3.87. The van der Waals surface area contributed by atoms with Gasteiger partial charge in [-0.25, -0.2) is 0 Å². The molecule has 4 heteroatoms. The molecule has 0 spiro atoms. The molecule has 0 aliphatic carbocycles. The molecule has 0 radical (unpaired) electrons. The second-order valence-corrected chi connectivity index (χ2v) is 5.15. The van der Waals surface area contributed by atoms with Crippen LogP contribution >= 0.6 is 11.6 Å². The van der Waals surface area contributed by atoms with Crippen LogP contribution in [-0.2, 0) is 17.9 Å². The van der Waals surface area contributed by atoms with E-state index in [0.717, 1.165) is 52.4 Å². The number of hydrogen-bond acceptors (Lipinski definition) is 3. The first-order valence-electron chi connectivity index (χ1n) is 6.57. The van der Waals surface area contributed by atoms with Crippen LogP contribution in [0.5, 0.6) is 0 Å². The van der Waals surface area contributed by atoms with Gasteiger partial charge in [0.05, 0.1) is 13.2 Å². The second kappa shape index (κ2) is 6.42. The molecule has 0 aliphatic heterocycles. The van der Waals surface area contributed by atoms with E-state index < -0.39 is 0 Å². The van der Waals surface area contributed by atoms with Gasteiger partial charge in [-0.15, -0.1) is 0 Å². The van der Waals surface area contributed by atoms with Gasteiger partial charge >= 0.3 is 0 Å². The number of ether oxygens (including phenoxy) is 1. The topological polar surface area (TPSA) is 34.4 Å². The quantitative estimate of drug-likeness (QED) is 0.812. The molecule has 2 aromatic rings. The minimum atomic E-state index is 0.538. The summed E-state index contributed by atoms with van der Waals surface area (Å²) in [7, 11) is 1.69. The number of rotatable bonds is 6. The standard InChI is InChI=1S/C15H20ClNO2/c1-4-5-17-8-14-13(9-18-3)12-7-11(16)6-10(2)15(12)19-14/h6-7,17H,4-5,8-9H2,1-3H3. The lowest BCUT2D eigenvalue weighted by atomic mass is 10.1. The van der Waals surface area contributed by atoms with Crippen LogP contribution in [0.15, 0.2) is 16.5 Å². The molecule has 1 heterocycles. The first-order chi connectivity index (χ1) is 9.17. The Bertz CT molecular complexity index is 563. The Balaban J connectivity index is 2.44. The van der Waals surface area contributed by atoms with Crippen molar-refractivity contribution >= 4 is 22.6 Å². The molecular weight excluding hydrogens is 262 g/mol. The fourth-order valence-corrected chi connectivity index (χ4v) is 2.52. The molecule has 0 atom stereocenters. The van der Waals surface area contributed by atoms with Crippen molar-refractivity contribution in [3.8, 4) is 0 Å². The van der Waals surface area contributed by atoms with Crippen molar-refractivity contribution in [2.45, 2.75) is 33.4 Å². The van der Waals surface area contributed by atoms with Gasteiger partial charge in [0.1, 0.15) is 11.3 Å². The van der Waals surface area contributed by atoms with Crippen LogP contribution in [-0.4, -0.2) is 13.7 Å². The molecule has 19 heavy (non-hydrogen) atoms. The molecule has 3 nitrogen and oxygen atoms in total. The van der Waals surface area contributed by atoms with Crippen LogP contribution < -0.4 is 5.32 Å². The Morgan fingerprint density at radius 3 is 2.84 bits per heavy atom. The van der Waals surface area contributed by atoms with Gasteiger partial charge in [0.25, 0.3) is 0 Å². The van der Waals surface area contributed by atoms with Crippen molar-refractivity contribution < 1.29 is 9.15 Å². The molecule has 1 aromatic carbocycles. The minimum absolute atomic E-state index is 0.538. The molecule has 1 N–H and O–H groups in total. The van der Waals surface area contributed by atoms with Gasteiger partial charge in [-0.1, -0.05) is 18.5 Å². The summed E-state index contributed by atoms with van der Waals surface area (Å²) in [5, 5.41) is 5.15. The van der Waals surface area contributed by atoms with E-state index >= 15 is 0 Å². The van der Waals surface area contributed by atoms with Crippen LogP contribution in [0.2, 0.25) is 5.02 Å². The summed E-state index contributed by atoms with van der Waals surface area (Å²) >= 11 is 6.13. The van der Waals surface area contributed by atoms with Crippen LogP contribution in [0, 0.1) is 6.92 Å². The van der Waals surface area contributed by atoms with Gasteiger partial charge in [-0.3, -0.25) is 0 Å². The molecule has 0 unspecified atom stereocenters. The predicted molar refractivity (Wildman–Crippen MR) is 78.7 cm³/mol. The van der Waals surface area contributed by atoms with Crippen molar-refractivity contribution in [1.82, 2.24) is 5.32 Å². The fraction of sp³-hybridized carbons (Fsp3) is 0.467. The number of furan rings is 1. The highest BCUT2D eigenvalue weighted by molar-refractivity contribution is 6.31. The third kappa shape index (κ3) is 3.11. The van der Waals surface area contributed by atoms with E-state index in [1.807, 2.05) is 19.1 Å². The van der Waals surface area contributed by atoms with Crippen molar-refractivity contribution in [3.05, 3.63) is 34.0 Å². The molecular formula is C15H20ClNO2. The molecule has 0 saturated carbocycles. The van der Waals surface area contributed by atoms with Crippen molar-refractivity contribution in [2.75, 3.05) is 13.7 Å². The van der Waals surface area contributed by atoms with Gasteiger partial charge in [-0.05, 0) is 37.6 Å². The first-order valence-corrected chi connectivity index (χ1v) is 6.95. The molecule has 0 amide bonds. The zero-order chi connectivity index (χ0) is 13.8. The Labute approximate surface area is 118 Å². The lowest BCUT2D eigenvalue weighted by Crippen LogP contribution is -2.14. The van der Waals surface area contributed by atoms with E-state index in [-0.39, 0.29) is 0 Å². The molecule has 1 aromatic heterocycles. The predicted octanol–water partition coefficient (Wildman–Crippen LogP) is 4.04.